The Bertz CT molecular complexity index is 1750. The predicted molar refractivity (Wildman–Crippen MR) is 153 cm³/mol. The van der Waals surface area contributed by atoms with E-state index < -0.39 is 12.2 Å². The van der Waals surface area contributed by atoms with Crippen molar-refractivity contribution in [2.24, 2.45) is 0 Å². The lowest BCUT2D eigenvalue weighted by atomic mass is 10.1. The lowest BCUT2D eigenvalue weighted by Crippen LogP contribution is -2.35. The number of carbonyl (C=O) groups is 1. The molecule has 0 saturated carbocycles. The summed E-state index contributed by atoms with van der Waals surface area (Å²) in [4.78, 5) is 30.6. The lowest BCUT2D eigenvalue weighted by molar-refractivity contribution is 0.0383. The molecule has 0 spiro atoms. The minimum Gasteiger partial charge on any atom is -0.484 e. The molecule has 0 saturated heterocycles. The van der Waals surface area contributed by atoms with Crippen LogP contribution in [0.25, 0.3) is 31.8 Å². The van der Waals surface area contributed by atoms with E-state index in [2.05, 4.69) is 33.3 Å². The number of amides is 1. The smallest absolute Gasteiger partial charge is 0.411 e. The fraction of sp³-hybridized carbons (Fsp3) is 0.276. The van der Waals surface area contributed by atoms with Crippen molar-refractivity contribution in [2.45, 2.75) is 33.3 Å². The van der Waals surface area contributed by atoms with Crippen LogP contribution in [0.5, 0.6) is 17.4 Å². The van der Waals surface area contributed by atoms with Crippen molar-refractivity contribution in [3.8, 4) is 28.0 Å². The number of anilines is 1. The molecule has 204 valence electrons. The number of aryl methyl sites for hydroxylation is 3. The maximum absolute atomic E-state index is 12.3. The Kier molecular flexibility index (Phi) is 6.81. The number of hydrogen-bond acceptors (Lipinski definition) is 10. The largest absolute Gasteiger partial charge is 0.484 e. The van der Waals surface area contributed by atoms with E-state index >= 15 is 0 Å². The van der Waals surface area contributed by atoms with E-state index in [4.69, 9.17) is 23.9 Å². The number of thiazole rings is 1. The van der Waals surface area contributed by atoms with E-state index in [1.54, 1.807) is 31.6 Å². The molecule has 5 aromatic rings. The van der Waals surface area contributed by atoms with Crippen LogP contribution in [0.4, 0.5) is 10.5 Å². The second-order valence-electron chi connectivity index (χ2n) is 9.45. The van der Waals surface area contributed by atoms with Crippen LogP contribution < -0.4 is 19.5 Å². The van der Waals surface area contributed by atoms with Crippen LogP contribution in [-0.2, 0) is 11.2 Å². The van der Waals surface area contributed by atoms with Gasteiger partial charge in [-0.25, -0.2) is 19.7 Å². The molecule has 40 heavy (non-hydrogen) atoms. The van der Waals surface area contributed by atoms with Crippen LogP contribution >= 0.6 is 11.3 Å². The van der Waals surface area contributed by atoms with Gasteiger partial charge in [-0.05, 0) is 61.7 Å². The molecule has 1 aliphatic rings. The monoisotopic (exact) mass is 557 g/mol. The zero-order valence-corrected chi connectivity index (χ0v) is 23.3. The highest BCUT2D eigenvalue weighted by Crippen LogP contribution is 2.46. The average Bonchev–Trinajstić information content (AvgIpc) is 3.41. The molecule has 0 radical (unpaired) electrons. The highest BCUT2D eigenvalue weighted by molar-refractivity contribution is 7.22. The molecule has 1 aliphatic heterocycles. The second kappa shape index (κ2) is 10.6. The van der Waals surface area contributed by atoms with Crippen LogP contribution in [0.3, 0.4) is 0 Å². The number of ether oxygens (including phenoxy) is 4. The van der Waals surface area contributed by atoms with Gasteiger partial charge in [0.1, 0.15) is 22.9 Å². The van der Waals surface area contributed by atoms with Crippen molar-refractivity contribution in [2.75, 3.05) is 25.6 Å². The molecule has 0 fully saturated rings. The van der Waals surface area contributed by atoms with Crippen LogP contribution in [0.15, 0.2) is 42.7 Å². The normalized spacial score (nSPS) is 14.3. The number of benzene rings is 2. The number of carbonyl (C=O) groups excluding carboxylic acids is 1. The molecule has 0 aliphatic carbocycles. The maximum atomic E-state index is 12.3. The van der Waals surface area contributed by atoms with Gasteiger partial charge in [0.2, 0.25) is 5.88 Å². The van der Waals surface area contributed by atoms with Crippen molar-refractivity contribution in [1.82, 2.24) is 19.9 Å². The summed E-state index contributed by atoms with van der Waals surface area (Å²) in [7, 11) is 1.58. The summed E-state index contributed by atoms with van der Waals surface area (Å²) in [6.07, 6.45) is 3.08. The average molecular weight is 558 g/mol. The lowest BCUT2D eigenvalue weighted by Gasteiger charge is -2.26. The topological polar surface area (TPSA) is 118 Å². The van der Waals surface area contributed by atoms with Gasteiger partial charge in [-0.2, -0.15) is 0 Å². The van der Waals surface area contributed by atoms with Gasteiger partial charge < -0.3 is 18.9 Å². The standard InChI is InChI=1S/C29H27N5O5S/c1-5-17-10-20(25-21(11-17)33-23(36-4)12-31-25)28-34-24-15(2)8-22-26(27(24)40-28)37-13-19(39-22)14-38-29(35)32-18-6-7-30-16(3)9-18/h6-12,19H,5,13-14H2,1-4H3,(H,30,32,35)/t19-/m1/s1. The zero-order valence-electron chi connectivity index (χ0n) is 22.5. The first-order valence-corrected chi connectivity index (χ1v) is 13.7. The number of fused-ring (bicyclic) bond motifs is 4. The Morgan fingerprint density at radius 2 is 2.02 bits per heavy atom. The van der Waals surface area contributed by atoms with Gasteiger partial charge in [-0.1, -0.05) is 6.92 Å². The molecule has 1 atom stereocenters. The quantitative estimate of drug-likeness (QED) is 0.273. The fourth-order valence-corrected chi connectivity index (χ4v) is 5.72. The van der Waals surface area contributed by atoms with E-state index in [1.165, 1.54) is 11.3 Å². The van der Waals surface area contributed by atoms with Gasteiger partial charge in [-0.3, -0.25) is 10.3 Å². The van der Waals surface area contributed by atoms with Crippen molar-refractivity contribution < 1.29 is 23.7 Å². The number of aromatic nitrogens is 4. The summed E-state index contributed by atoms with van der Waals surface area (Å²) in [5.74, 6) is 1.71. The zero-order chi connectivity index (χ0) is 27.8. The Labute approximate surface area is 234 Å². The summed E-state index contributed by atoms with van der Waals surface area (Å²) in [5, 5.41) is 3.52. The summed E-state index contributed by atoms with van der Waals surface area (Å²) in [5.41, 5.74) is 6.79. The molecule has 4 heterocycles. The number of hydrogen-bond donors (Lipinski definition) is 1. The third-order valence-electron chi connectivity index (χ3n) is 6.56. The van der Waals surface area contributed by atoms with Gasteiger partial charge in [0.25, 0.3) is 0 Å². The molecule has 10 nitrogen and oxygen atoms in total. The molecular weight excluding hydrogens is 530 g/mol. The highest BCUT2D eigenvalue weighted by Gasteiger charge is 2.27. The van der Waals surface area contributed by atoms with Gasteiger partial charge >= 0.3 is 6.09 Å². The first-order chi connectivity index (χ1) is 19.4. The molecule has 6 rings (SSSR count). The van der Waals surface area contributed by atoms with Gasteiger partial charge in [-0.15, -0.1) is 11.3 Å². The summed E-state index contributed by atoms with van der Waals surface area (Å²) in [6, 6.07) is 9.53. The third kappa shape index (κ3) is 4.95. The number of pyridine rings is 1. The van der Waals surface area contributed by atoms with Gasteiger partial charge in [0.15, 0.2) is 17.6 Å². The second-order valence-corrected chi connectivity index (χ2v) is 10.5. The Morgan fingerprint density at radius 3 is 2.83 bits per heavy atom. The molecule has 2 aromatic carbocycles. The number of methoxy groups -OCH3 is 1. The van der Waals surface area contributed by atoms with Crippen molar-refractivity contribution >= 4 is 44.4 Å². The number of rotatable bonds is 6. The highest BCUT2D eigenvalue weighted by atomic mass is 32.1. The van der Waals surface area contributed by atoms with Crippen LogP contribution in [-0.4, -0.2) is 52.5 Å². The SMILES string of the molecule is CCc1cc(-c2nc3c(C)cc4c(c3s2)OC[C@H](COC(=O)Nc2ccnc(C)c2)O4)c2ncc(OC)nc2c1. The van der Waals surface area contributed by atoms with E-state index in [1.807, 2.05) is 26.0 Å². The first-order valence-electron chi connectivity index (χ1n) is 12.9. The number of nitrogens with zero attached hydrogens (tertiary/aromatic N) is 4. The number of nitrogens with one attached hydrogen (secondary N) is 1. The predicted octanol–water partition coefficient (Wildman–Crippen LogP) is 5.88. The molecule has 0 bridgehead atoms. The van der Waals surface area contributed by atoms with Crippen molar-refractivity contribution in [3.05, 3.63) is 59.5 Å². The van der Waals surface area contributed by atoms with Crippen LogP contribution in [0.2, 0.25) is 0 Å². The van der Waals surface area contributed by atoms with E-state index in [-0.39, 0.29) is 13.2 Å². The minimum atomic E-state index is -0.569. The molecule has 3 aromatic heterocycles. The van der Waals surface area contributed by atoms with E-state index in [0.717, 1.165) is 55.1 Å². The summed E-state index contributed by atoms with van der Waals surface area (Å²) >= 11 is 1.53. The molecule has 1 amide bonds. The molecule has 11 heteroatoms. The van der Waals surface area contributed by atoms with E-state index in [9.17, 15) is 4.79 Å². The molecular formula is C29H27N5O5S. The first kappa shape index (κ1) is 25.8. The molecule has 0 unspecified atom stereocenters. The maximum Gasteiger partial charge on any atom is 0.411 e. The minimum absolute atomic E-state index is 0.0400. The fourth-order valence-electron chi connectivity index (χ4n) is 4.57. The van der Waals surface area contributed by atoms with Gasteiger partial charge in [0, 0.05) is 23.1 Å². The summed E-state index contributed by atoms with van der Waals surface area (Å²) < 4.78 is 23.9. The van der Waals surface area contributed by atoms with Crippen LogP contribution in [0.1, 0.15) is 23.7 Å². The van der Waals surface area contributed by atoms with Crippen LogP contribution in [0, 0.1) is 13.8 Å². The van der Waals surface area contributed by atoms with Crippen molar-refractivity contribution in [1.29, 1.82) is 0 Å². The van der Waals surface area contributed by atoms with Crippen molar-refractivity contribution in [3.63, 3.8) is 0 Å². The Balaban J connectivity index is 1.25. The van der Waals surface area contributed by atoms with E-state index in [0.29, 0.717) is 23.1 Å². The Morgan fingerprint density at radius 1 is 1.15 bits per heavy atom. The Hall–Kier alpha value is -4.51. The van der Waals surface area contributed by atoms with Gasteiger partial charge in [0.05, 0.1) is 29.9 Å². The third-order valence-corrected chi connectivity index (χ3v) is 7.65. The molecule has 1 N–H and O–H groups in total. The summed E-state index contributed by atoms with van der Waals surface area (Å²) in [6.45, 7) is 6.22.